The minimum absolute atomic E-state index is 0.399. The maximum absolute atomic E-state index is 5.63. The second-order valence-electron chi connectivity index (χ2n) is 4.27. The summed E-state index contributed by atoms with van der Waals surface area (Å²) in [5.41, 5.74) is 2.48. The summed E-state index contributed by atoms with van der Waals surface area (Å²) in [7, 11) is 0. The molecule has 2 heterocycles. The number of nitrogens with zero attached hydrogens (tertiary/aromatic N) is 2. The Hall–Kier alpha value is -2.38. The summed E-state index contributed by atoms with van der Waals surface area (Å²) in [6.07, 6.45) is 0. The Kier molecular flexibility index (Phi) is 4.13. The fourth-order valence-electron chi connectivity index (χ4n) is 1.91. The van der Waals surface area contributed by atoms with Crippen LogP contribution in [-0.2, 0) is 0 Å². The van der Waals surface area contributed by atoms with Gasteiger partial charge in [0.1, 0.15) is 23.0 Å². The average Bonchev–Trinajstić information content (AvgIpc) is 3.00. The minimum Gasteiger partial charge on any atom is -0.492 e. The molecule has 0 fully saturated rings. The predicted octanol–water partition coefficient (Wildman–Crippen LogP) is 2.47. The van der Waals surface area contributed by atoms with Crippen LogP contribution in [0.25, 0.3) is 10.2 Å². The first-order valence-corrected chi connectivity index (χ1v) is 7.38. The Morgan fingerprint density at radius 3 is 2.81 bits per heavy atom. The monoisotopic (exact) mass is 301 g/mol. The van der Waals surface area contributed by atoms with Gasteiger partial charge in [0, 0.05) is 0 Å². The fourth-order valence-corrected chi connectivity index (χ4v) is 2.67. The quantitative estimate of drug-likeness (QED) is 0.368. The molecule has 0 amide bonds. The molecule has 108 valence electrons. The molecule has 0 aliphatic carbocycles. The normalized spacial score (nSPS) is 10.5. The molecule has 0 atom stereocenters. The van der Waals surface area contributed by atoms with Gasteiger partial charge in [0.15, 0.2) is 0 Å². The van der Waals surface area contributed by atoms with Gasteiger partial charge >= 0.3 is 0 Å². The number of nitrogens with two attached hydrogens (primary N) is 1. The first kappa shape index (κ1) is 13.6. The Bertz CT molecular complexity index is 716. The van der Waals surface area contributed by atoms with E-state index in [-0.39, 0.29) is 0 Å². The van der Waals surface area contributed by atoms with E-state index in [2.05, 4.69) is 20.7 Å². The number of benzene rings is 1. The third-order valence-electron chi connectivity index (χ3n) is 2.86. The van der Waals surface area contributed by atoms with E-state index in [0.29, 0.717) is 19.1 Å². The molecule has 0 spiro atoms. The Labute approximate surface area is 126 Å². The van der Waals surface area contributed by atoms with Crippen LogP contribution >= 0.6 is 11.3 Å². The molecule has 4 N–H and O–H groups in total. The smallest absolute Gasteiger partial charge is 0.240 e. The molecule has 3 aromatic rings. The van der Waals surface area contributed by atoms with E-state index in [0.717, 1.165) is 21.8 Å². The first-order valence-electron chi connectivity index (χ1n) is 6.50. The third-order valence-corrected chi connectivity index (χ3v) is 3.67. The zero-order valence-electron chi connectivity index (χ0n) is 11.2. The van der Waals surface area contributed by atoms with Gasteiger partial charge in [-0.15, -0.1) is 11.3 Å². The molecule has 7 heteroatoms. The summed E-state index contributed by atoms with van der Waals surface area (Å²) in [5.74, 6) is 7.40. The van der Waals surface area contributed by atoms with Gasteiger partial charge in [-0.25, -0.2) is 10.8 Å². The molecular weight excluding hydrogens is 286 g/mol. The number of hydrazine groups is 1. The number of hydrogen-bond donors (Lipinski definition) is 3. The van der Waals surface area contributed by atoms with Crippen LogP contribution < -0.4 is 21.3 Å². The number of aromatic nitrogens is 2. The van der Waals surface area contributed by atoms with Gasteiger partial charge in [0.2, 0.25) is 5.95 Å². The first-order chi connectivity index (χ1) is 10.4. The summed E-state index contributed by atoms with van der Waals surface area (Å²) in [5, 5.41) is 6.22. The maximum Gasteiger partial charge on any atom is 0.240 e. The molecule has 0 radical (unpaired) electrons. The van der Waals surface area contributed by atoms with Crippen LogP contribution in [0.15, 0.2) is 41.8 Å². The molecular formula is C14H15N5OS. The van der Waals surface area contributed by atoms with E-state index in [1.807, 2.05) is 41.8 Å². The lowest BCUT2D eigenvalue weighted by atomic mass is 10.3. The molecule has 0 bridgehead atoms. The van der Waals surface area contributed by atoms with Crippen molar-refractivity contribution in [1.29, 1.82) is 0 Å². The lowest BCUT2D eigenvalue weighted by Gasteiger charge is -2.09. The fraction of sp³-hybridized carbons (Fsp3) is 0.143. The van der Waals surface area contributed by atoms with Crippen molar-refractivity contribution in [3.63, 3.8) is 0 Å². The number of nitrogens with one attached hydrogen (secondary N) is 2. The molecule has 21 heavy (non-hydrogen) atoms. The van der Waals surface area contributed by atoms with Crippen molar-refractivity contribution in [2.75, 3.05) is 23.9 Å². The highest BCUT2D eigenvalue weighted by molar-refractivity contribution is 7.16. The Balaban J connectivity index is 1.63. The van der Waals surface area contributed by atoms with Crippen molar-refractivity contribution in [2.24, 2.45) is 5.84 Å². The molecule has 2 aromatic heterocycles. The molecule has 0 aliphatic rings. The van der Waals surface area contributed by atoms with E-state index in [1.54, 1.807) is 11.3 Å². The predicted molar refractivity (Wildman–Crippen MR) is 85.7 cm³/mol. The van der Waals surface area contributed by atoms with Crippen LogP contribution in [0.3, 0.4) is 0 Å². The highest BCUT2D eigenvalue weighted by atomic mass is 32.1. The average molecular weight is 301 g/mol. The molecule has 0 aliphatic heterocycles. The van der Waals surface area contributed by atoms with Gasteiger partial charge in [-0.3, -0.25) is 5.43 Å². The van der Waals surface area contributed by atoms with Crippen LogP contribution in [0.4, 0.5) is 11.8 Å². The maximum atomic E-state index is 5.63. The van der Waals surface area contributed by atoms with Gasteiger partial charge in [-0.05, 0) is 23.6 Å². The second kappa shape index (κ2) is 6.38. The van der Waals surface area contributed by atoms with Crippen LogP contribution in [0.2, 0.25) is 0 Å². The number of nitrogen functional groups attached to an aromatic ring is 1. The standard InChI is InChI=1S/C14H15N5OS/c15-19-14-17-12(11-6-9-21-13(11)18-14)16-7-8-20-10-4-2-1-3-5-10/h1-6,9H,7-8,15H2,(H2,16,17,18,19). The van der Waals surface area contributed by atoms with E-state index in [4.69, 9.17) is 10.6 Å². The second-order valence-corrected chi connectivity index (χ2v) is 5.16. The highest BCUT2D eigenvalue weighted by Crippen LogP contribution is 2.26. The van der Waals surface area contributed by atoms with Crippen molar-refractivity contribution >= 4 is 33.3 Å². The van der Waals surface area contributed by atoms with E-state index in [9.17, 15) is 0 Å². The zero-order valence-corrected chi connectivity index (χ0v) is 12.1. The van der Waals surface area contributed by atoms with Gasteiger partial charge in [0.25, 0.3) is 0 Å². The van der Waals surface area contributed by atoms with Crippen LogP contribution in [0.1, 0.15) is 0 Å². The lowest BCUT2D eigenvalue weighted by molar-refractivity contribution is 0.333. The third kappa shape index (κ3) is 3.21. The van der Waals surface area contributed by atoms with Gasteiger partial charge in [-0.1, -0.05) is 18.2 Å². The van der Waals surface area contributed by atoms with E-state index in [1.165, 1.54) is 0 Å². The summed E-state index contributed by atoms with van der Waals surface area (Å²) >= 11 is 1.55. The van der Waals surface area contributed by atoms with Crippen molar-refractivity contribution in [2.45, 2.75) is 0 Å². The molecule has 0 saturated heterocycles. The largest absolute Gasteiger partial charge is 0.492 e. The summed E-state index contributed by atoms with van der Waals surface area (Å²) < 4.78 is 5.63. The van der Waals surface area contributed by atoms with E-state index >= 15 is 0 Å². The number of rotatable bonds is 6. The number of anilines is 2. The van der Waals surface area contributed by atoms with Crippen LogP contribution in [0.5, 0.6) is 5.75 Å². The van der Waals surface area contributed by atoms with Crippen molar-refractivity contribution < 1.29 is 4.74 Å². The summed E-state index contributed by atoms with van der Waals surface area (Å²) in [6, 6.07) is 11.7. The number of hydrogen-bond acceptors (Lipinski definition) is 7. The molecule has 1 aromatic carbocycles. The molecule has 0 unspecified atom stereocenters. The van der Waals surface area contributed by atoms with Crippen LogP contribution in [-0.4, -0.2) is 23.1 Å². The van der Waals surface area contributed by atoms with Gasteiger partial charge in [0.05, 0.1) is 11.9 Å². The summed E-state index contributed by atoms with van der Waals surface area (Å²) in [6.45, 7) is 1.19. The zero-order chi connectivity index (χ0) is 14.5. The number of fused-ring (bicyclic) bond motifs is 1. The lowest BCUT2D eigenvalue weighted by Crippen LogP contribution is -2.15. The van der Waals surface area contributed by atoms with Crippen molar-refractivity contribution in [3.05, 3.63) is 41.8 Å². The Morgan fingerprint density at radius 2 is 2.00 bits per heavy atom. The summed E-state index contributed by atoms with van der Waals surface area (Å²) in [4.78, 5) is 9.51. The molecule has 0 saturated carbocycles. The van der Waals surface area contributed by atoms with E-state index < -0.39 is 0 Å². The van der Waals surface area contributed by atoms with Crippen molar-refractivity contribution in [1.82, 2.24) is 9.97 Å². The number of ether oxygens (including phenoxy) is 1. The minimum atomic E-state index is 0.399. The van der Waals surface area contributed by atoms with Crippen LogP contribution in [0, 0.1) is 0 Å². The number of thiophene rings is 1. The molecule has 3 rings (SSSR count). The van der Waals surface area contributed by atoms with Crippen molar-refractivity contribution in [3.8, 4) is 5.75 Å². The topological polar surface area (TPSA) is 85.1 Å². The number of para-hydroxylation sites is 1. The van der Waals surface area contributed by atoms with Gasteiger partial charge in [-0.2, -0.15) is 4.98 Å². The Morgan fingerprint density at radius 1 is 1.14 bits per heavy atom. The SMILES string of the molecule is NNc1nc(NCCOc2ccccc2)c2ccsc2n1. The molecule has 6 nitrogen and oxygen atoms in total. The van der Waals surface area contributed by atoms with Gasteiger partial charge < -0.3 is 10.1 Å². The highest BCUT2D eigenvalue weighted by Gasteiger charge is 2.07.